The third-order valence-corrected chi connectivity index (χ3v) is 5.13. The van der Waals surface area contributed by atoms with Gasteiger partial charge in [0.15, 0.2) is 0 Å². The number of nitrogens with zero attached hydrogens (tertiary/aromatic N) is 1. The number of carbonyl (C=O) groups is 2. The van der Waals surface area contributed by atoms with E-state index >= 15 is 0 Å². The molecule has 0 spiro atoms. The topological polar surface area (TPSA) is 61.4 Å². The van der Waals surface area contributed by atoms with E-state index < -0.39 is 6.04 Å². The van der Waals surface area contributed by atoms with E-state index in [0.717, 1.165) is 19.5 Å². The number of nitrogens with one attached hydrogen (secondary N) is 2. The van der Waals surface area contributed by atoms with Crippen LogP contribution in [0.5, 0.6) is 0 Å². The Hall–Kier alpha value is -2.66. The molecule has 2 amide bonds. The molecule has 1 aliphatic rings. The fraction of sp³-hybridized carbons (Fsp3) is 0.364. The highest BCUT2D eigenvalue weighted by atomic mass is 16.2. The molecule has 5 heteroatoms. The van der Waals surface area contributed by atoms with Gasteiger partial charge in [-0.05, 0) is 43.5 Å². The van der Waals surface area contributed by atoms with E-state index in [1.807, 2.05) is 6.07 Å². The molecule has 5 nitrogen and oxygen atoms in total. The second kappa shape index (κ2) is 8.82. The molecule has 2 atom stereocenters. The summed E-state index contributed by atoms with van der Waals surface area (Å²) >= 11 is 0. The van der Waals surface area contributed by atoms with Crippen LogP contribution in [-0.2, 0) is 17.8 Å². The van der Waals surface area contributed by atoms with E-state index in [4.69, 9.17) is 0 Å². The summed E-state index contributed by atoms with van der Waals surface area (Å²) in [6.45, 7) is 6.30. The Morgan fingerprint density at radius 2 is 1.67 bits per heavy atom. The minimum Gasteiger partial charge on any atom is -0.353 e. The predicted octanol–water partition coefficient (Wildman–Crippen LogP) is 2.37. The van der Waals surface area contributed by atoms with Gasteiger partial charge in [-0.3, -0.25) is 14.5 Å². The molecule has 0 bridgehead atoms. The van der Waals surface area contributed by atoms with Crippen LogP contribution in [0.2, 0.25) is 0 Å². The van der Waals surface area contributed by atoms with Crippen LogP contribution in [0.1, 0.15) is 35.3 Å². The first-order valence-corrected chi connectivity index (χ1v) is 9.49. The van der Waals surface area contributed by atoms with Gasteiger partial charge in [-0.25, -0.2) is 0 Å². The molecule has 0 saturated carbocycles. The molecule has 1 aliphatic heterocycles. The fourth-order valence-electron chi connectivity index (χ4n) is 3.36. The summed E-state index contributed by atoms with van der Waals surface area (Å²) in [7, 11) is 0. The number of amides is 2. The summed E-state index contributed by atoms with van der Waals surface area (Å²) in [5.74, 6) is -0.400. The van der Waals surface area contributed by atoms with Gasteiger partial charge in [-0.2, -0.15) is 0 Å². The Morgan fingerprint density at radius 1 is 1.00 bits per heavy atom. The van der Waals surface area contributed by atoms with Gasteiger partial charge in [0.1, 0.15) is 6.04 Å². The van der Waals surface area contributed by atoms with Gasteiger partial charge in [-0.15, -0.1) is 0 Å². The van der Waals surface area contributed by atoms with E-state index in [2.05, 4.69) is 46.7 Å². The monoisotopic (exact) mass is 365 g/mol. The van der Waals surface area contributed by atoms with Crippen LogP contribution in [-0.4, -0.2) is 41.9 Å². The van der Waals surface area contributed by atoms with Crippen LogP contribution >= 0.6 is 0 Å². The molecule has 2 N–H and O–H groups in total. The molecule has 2 aromatic carbocycles. The number of carbonyl (C=O) groups excluding carboxylic acids is 2. The normalized spacial score (nSPS) is 16.1. The van der Waals surface area contributed by atoms with Gasteiger partial charge < -0.3 is 10.6 Å². The summed E-state index contributed by atoms with van der Waals surface area (Å²) in [6, 6.07) is 17.1. The number of hydrogen-bond donors (Lipinski definition) is 2. The maximum absolute atomic E-state index is 12.4. The number of rotatable bonds is 6. The predicted molar refractivity (Wildman–Crippen MR) is 106 cm³/mol. The molecule has 27 heavy (non-hydrogen) atoms. The van der Waals surface area contributed by atoms with Crippen molar-refractivity contribution in [2.75, 3.05) is 13.1 Å². The van der Waals surface area contributed by atoms with Crippen molar-refractivity contribution >= 4 is 11.8 Å². The van der Waals surface area contributed by atoms with Gasteiger partial charge in [0.2, 0.25) is 5.91 Å². The fourth-order valence-corrected chi connectivity index (χ4v) is 3.36. The molecule has 0 aliphatic carbocycles. The third kappa shape index (κ3) is 4.95. The van der Waals surface area contributed by atoms with Crippen LogP contribution in [0.3, 0.4) is 0 Å². The van der Waals surface area contributed by atoms with E-state index in [-0.39, 0.29) is 17.9 Å². The third-order valence-electron chi connectivity index (χ3n) is 5.13. The minimum atomic E-state index is -0.577. The zero-order chi connectivity index (χ0) is 19.2. The van der Waals surface area contributed by atoms with Crippen molar-refractivity contribution in [3.05, 3.63) is 71.3 Å². The lowest BCUT2D eigenvalue weighted by Gasteiger charge is -2.34. The van der Waals surface area contributed by atoms with E-state index in [0.29, 0.717) is 12.1 Å². The Morgan fingerprint density at radius 3 is 2.41 bits per heavy atom. The molecular weight excluding hydrogens is 338 g/mol. The van der Waals surface area contributed by atoms with Gasteiger partial charge in [0.25, 0.3) is 5.91 Å². The number of fused-ring (bicyclic) bond motifs is 1. The lowest BCUT2D eigenvalue weighted by atomic mass is 9.99. The summed E-state index contributed by atoms with van der Waals surface area (Å²) in [5, 5.41) is 5.71. The first-order chi connectivity index (χ1) is 13.0. The smallest absolute Gasteiger partial charge is 0.251 e. The maximum Gasteiger partial charge on any atom is 0.251 e. The highest BCUT2D eigenvalue weighted by molar-refractivity contribution is 5.97. The SMILES string of the molecule is CC(NC(=O)c1ccccc1)C(=O)NCC(C)N1CCc2ccccc2C1. The van der Waals surface area contributed by atoms with Crippen LogP contribution in [0.25, 0.3) is 0 Å². The largest absolute Gasteiger partial charge is 0.353 e. The van der Waals surface area contributed by atoms with E-state index in [1.165, 1.54) is 11.1 Å². The number of benzene rings is 2. The first-order valence-electron chi connectivity index (χ1n) is 9.49. The zero-order valence-corrected chi connectivity index (χ0v) is 15.9. The highest BCUT2D eigenvalue weighted by Crippen LogP contribution is 2.19. The molecule has 0 radical (unpaired) electrons. The summed E-state index contributed by atoms with van der Waals surface area (Å²) in [5.41, 5.74) is 3.34. The molecule has 0 aromatic heterocycles. The Balaban J connectivity index is 1.46. The van der Waals surface area contributed by atoms with Crippen molar-refractivity contribution in [1.82, 2.24) is 15.5 Å². The lowest BCUT2D eigenvalue weighted by molar-refractivity contribution is -0.122. The molecule has 0 saturated heterocycles. The Bertz CT molecular complexity index is 791. The summed E-state index contributed by atoms with van der Waals surface area (Å²) in [4.78, 5) is 26.9. The van der Waals surface area contributed by atoms with Crippen molar-refractivity contribution in [1.29, 1.82) is 0 Å². The molecule has 2 unspecified atom stereocenters. The Kier molecular flexibility index (Phi) is 6.24. The maximum atomic E-state index is 12.4. The molecule has 142 valence electrons. The van der Waals surface area contributed by atoms with Crippen LogP contribution in [0.15, 0.2) is 54.6 Å². The standard InChI is InChI=1S/C22H27N3O2/c1-16(25-13-12-18-8-6-7-11-20(18)15-25)14-23-21(26)17(2)24-22(27)19-9-4-3-5-10-19/h3-11,16-17H,12-15H2,1-2H3,(H,23,26)(H,24,27). The van der Waals surface area contributed by atoms with Gasteiger partial charge >= 0.3 is 0 Å². The summed E-state index contributed by atoms with van der Waals surface area (Å²) in [6.07, 6.45) is 1.04. The second-order valence-corrected chi connectivity index (χ2v) is 7.14. The molecule has 0 fully saturated rings. The molecule has 1 heterocycles. The minimum absolute atomic E-state index is 0.163. The summed E-state index contributed by atoms with van der Waals surface area (Å²) < 4.78 is 0. The molecule has 2 aromatic rings. The average molecular weight is 365 g/mol. The van der Waals surface area contributed by atoms with Crippen LogP contribution < -0.4 is 10.6 Å². The average Bonchev–Trinajstić information content (AvgIpc) is 2.71. The lowest BCUT2D eigenvalue weighted by Crippen LogP contribution is -2.49. The van der Waals surface area contributed by atoms with Crippen molar-refractivity contribution < 1.29 is 9.59 Å². The molecular formula is C22H27N3O2. The Labute approximate surface area is 160 Å². The van der Waals surface area contributed by atoms with Crippen LogP contribution in [0, 0.1) is 0 Å². The van der Waals surface area contributed by atoms with Crippen LogP contribution in [0.4, 0.5) is 0 Å². The van der Waals surface area contributed by atoms with Crippen molar-refractivity contribution in [2.24, 2.45) is 0 Å². The zero-order valence-electron chi connectivity index (χ0n) is 15.9. The van der Waals surface area contributed by atoms with Gasteiger partial charge in [0.05, 0.1) is 0 Å². The molecule has 3 rings (SSSR count). The highest BCUT2D eigenvalue weighted by Gasteiger charge is 2.22. The second-order valence-electron chi connectivity index (χ2n) is 7.14. The first kappa shape index (κ1) is 19.1. The van der Waals surface area contributed by atoms with Gasteiger partial charge in [0, 0.05) is 31.2 Å². The number of hydrogen-bond acceptors (Lipinski definition) is 3. The van der Waals surface area contributed by atoms with Crippen molar-refractivity contribution in [3.63, 3.8) is 0 Å². The quantitative estimate of drug-likeness (QED) is 0.826. The van der Waals surface area contributed by atoms with Crippen molar-refractivity contribution in [2.45, 2.75) is 38.9 Å². The van der Waals surface area contributed by atoms with Crippen molar-refractivity contribution in [3.8, 4) is 0 Å². The van der Waals surface area contributed by atoms with Gasteiger partial charge in [-0.1, -0.05) is 42.5 Å². The van der Waals surface area contributed by atoms with E-state index in [1.54, 1.807) is 31.2 Å². The van der Waals surface area contributed by atoms with E-state index in [9.17, 15) is 9.59 Å².